The number of rotatable bonds is 0. The number of hydrogen-bond donors (Lipinski definition) is 1. The third-order valence-corrected chi connectivity index (χ3v) is 3.40. The number of amides is 1. The highest BCUT2D eigenvalue weighted by atomic mass is 16.3. The summed E-state index contributed by atoms with van der Waals surface area (Å²) < 4.78 is 0. The molecule has 1 amide bonds. The van der Waals surface area contributed by atoms with Gasteiger partial charge in [0, 0.05) is 24.4 Å². The minimum atomic E-state index is -0.490. The largest absolute Gasteiger partial charge is 0.388 e. The van der Waals surface area contributed by atoms with E-state index < -0.39 is 6.10 Å². The normalized spacial score (nSPS) is 22.2. The summed E-state index contributed by atoms with van der Waals surface area (Å²) in [6, 6.07) is 5.87. The third-order valence-electron chi connectivity index (χ3n) is 3.40. The van der Waals surface area contributed by atoms with Crippen molar-refractivity contribution in [2.24, 2.45) is 0 Å². The van der Waals surface area contributed by atoms with Crippen molar-refractivity contribution in [1.82, 2.24) is 0 Å². The minimum Gasteiger partial charge on any atom is -0.388 e. The van der Waals surface area contributed by atoms with Crippen LogP contribution in [0.15, 0.2) is 18.2 Å². The van der Waals surface area contributed by atoms with Crippen LogP contribution in [0.1, 0.15) is 44.4 Å². The number of aryl methyl sites for hydroxylation is 1. The number of fused-ring (bicyclic) bond motifs is 1. The van der Waals surface area contributed by atoms with Gasteiger partial charge in [-0.1, -0.05) is 17.7 Å². The SMILES string of the molecule is CC(=O)N1c2ccc(C)cc2C(O)CC1(C)C. The molecular formula is C14H19NO2. The molecule has 0 saturated heterocycles. The van der Waals surface area contributed by atoms with Gasteiger partial charge < -0.3 is 10.0 Å². The van der Waals surface area contributed by atoms with E-state index in [-0.39, 0.29) is 11.4 Å². The number of hydrogen-bond acceptors (Lipinski definition) is 2. The molecule has 92 valence electrons. The fourth-order valence-electron chi connectivity index (χ4n) is 2.74. The molecule has 1 aliphatic heterocycles. The quantitative estimate of drug-likeness (QED) is 0.748. The van der Waals surface area contributed by atoms with Gasteiger partial charge in [0.05, 0.1) is 11.8 Å². The van der Waals surface area contributed by atoms with Crippen LogP contribution in [0.5, 0.6) is 0 Å². The number of nitrogens with zero attached hydrogens (tertiary/aromatic N) is 1. The Labute approximate surface area is 102 Å². The smallest absolute Gasteiger partial charge is 0.224 e. The molecule has 2 rings (SSSR count). The fourth-order valence-corrected chi connectivity index (χ4v) is 2.74. The van der Waals surface area contributed by atoms with E-state index in [1.54, 1.807) is 11.8 Å². The van der Waals surface area contributed by atoms with Crippen LogP contribution in [-0.4, -0.2) is 16.6 Å². The van der Waals surface area contributed by atoms with E-state index in [2.05, 4.69) is 0 Å². The lowest BCUT2D eigenvalue weighted by atomic mass is 9.84. The average molecular weight is 233 g/mol. The van der Waals surface area contributed by atoms with Crippen LogP contribution in [0.25, 0.3) is 0 Å². The molecule has 3 heteroatoms. The molecule has 1 aromatic carbocycles. The molecule has 17 heavy (non-hydrogen) atoms. The van der Waals surface area contributed by atoms with Crippen LogP contribution in [0.2, 0.25) is 0 Å². The molecule has 0 spiro atoms. The van der Waals surface area contributed by atoms with Gasteiger partial charge >= 0.3 is 0 Å². The number of aliphatic hydroxyl groups is 1. The standard InChI is InChI=1S/C14H19NO2/c1-9-5-6-12-11(7-9)13(17)8-14(3,4)15(12)10(2)16/h5-7,13,17H,8H2,1-4H3. The van der Waals surface area contributed by atoms with Gasteiger partial charge in [-0.05, 0) is 26.8 Å². The van der Waals surface area contributed by atoms with Gasteiger partial charge in [-0.3, -0.25) is 4.79 Å². The molecule has 1 aromatic rings. The number of benzene rings is 1. The van der Waals surface area contributed by atoms with Crippen molar-refractivity contribution in [1.29, 1.82) is 0 Å². The molecule has 3 nitrogen and oxygen atoms in total. The zero-order valence-corrected chi connectivity index (χ0v) is 10.8. The molecule has 0 aliphatic carbocycles. The molecule has 1 N–H and O–H groups in total. The van der Waals surface area contributed by atoms with Crippen molar-refractivity contribution in [3.05, 3.63) is 29.3 Å². The fraction of sp³-hybridized carbons (Fsp3) is 0.500. The molecule has 0 radical (unpaired) electrons. The first kappa shape index (κ1) is 12.1. The highest BCUT2D eigenvalue weighted by Gasteiger charge is 2.39. The summed E-state index contributed by atoms with van der Waals surface area (Å²) in [4.78, 5) is 13.6. The Morgan fingerprint density at radius 2 is 2.12 bits per heavy atom. The van der Waals surface area contributed by atoms with Crippen molar-refractivity contribution in [3.63, 3.8) is 0 Å². The summed E-state index contributed by atoms with van der Waals surface area (Å²) in [7, 11) is 0. The van der Waals surface area contributed by atoms with Gasteiger partial charge in [-0.2, -0.15) is 0 Å². The second-order valence-corrected chi connectivity index (χ2v) is 5.45. The predicted octanol–water partition coefficient (Wildman–Crippen LogP) is 2.56. The van der Waals surface area contributed by atoms with Gasteiger partial charge in [-0.25, -0.2) is 0 Å². The highest BCUT2D eigenvalue weighted by Crippen LogP contribution is 2.42. The van der Waals surface area contributed by atoms with E-state index in [0.717, 1.165) is 16.8 Å². The molecular weight excluding hydrogens is 214 g/mol. The van der Waals surface area contributed by atoms with Crippen molar-refractivity contribution < 1.29 is 9.90 Å². The lowest BCUT2D eigenvalue weighted by Crippen LogP contribution is -2.51. The van der Waals surface area contributed by atoms with E-state index in [1.807, 2.05) is 39.0 Å². The average Bonchev–Trinajstić information content (AvgIpc) is 2.17. The molecule has 1 heterocycles. The number of carbonyl (C=O) groups is 1. The molecule has 1 unspecified atom stereocenters. The van der Waals surface area contributed by atoms with E-state index in [9.17, 15) is 9.90 Å². The Morgan fingerprint density at radius 1 is 1.47 bits per heavy atom. The zero-order valence-electron chi connectivity index (χ0n) is 10.8. The predicted molar refractivity (Wildman–Crippen MR) is 68.0 cm³/mol. The molecule has 0 aromatic heterocycles. The van der Waals surface area contributed by atoms with E-state index >= 15 is 0 Å². The van der Waals surface area contributed by atoms with E-state index in [0.29, 0.717) is 6.42 Å². The van der Waals surface area contributed by atoms with Gasteiger partial charge in [0.2, 0.25) is 5.91 Å². The zero-order chi connectivity index (χ0) is 12.8. The van der Waals surface area contributed by atoms with Crippen LogP contribution in [0, 0.1) is 6.92 Å². The monoisotopic (exact) mass is 233 g/mol. The van der Waals surface area contributed by atoms with Crippen molar-refractivity contribution in [2.75, 3.05) is 4.90 Å². The van der Waals surface area contributed by atoms with E-state index in [4.69, 9.17) is 0 Å². The second-order valence-electron chi connectivity index (χ2n) is 5.45. The van der Waals surface area contributed by atoms with Crippen LogP contribution < -0.4 is 4.90 Å². The first-order chi connectivity index (χ1) is 7.83. The Balaban J connectivity index is 2.61. The molecule has 1 atom stereocenters. The maximum Gasteiger partial charge on any atom is 0.224 e. The molecule has 0 bridgehead atoms. The van der Waals surface area contributed by atoms with Crippen molar-refractivity contribution in [2.45, 2.75) is 45.8 Å². The second kappa shape index (κ2) is 3.84. The minimum absolute atomic E-state index is 0.0204. The van der Waals surface area contributed by atoms with E-state index in [1.165, 1.54) is 0 Å². The number of anilines is 1. The molecule has 0 saturated carbocycles. The van der Waals surface area contributed by atoms with Crippen LogP contribution >= 0.6 is 0 Å². The maximum atomic E-state index is 11.8. The maximum absolute atomic E-state index is 11.8. The summed E-state index contributed by atoms with van der Waals surface area (Å²) in [5.74, 6) is 0.0204. The van der Waals surface area contributed by atoms with Crippen LogP contribution in [0.4, 0.5) is 5.69 Å². The Hall–Kier alpha value is -1.35. The third kappa shape index (κ3) is 1.95. The molecule has 1 aliphatic rings. The van der Waals surface area contributed by atoms with Crippen molar-refractivity contribution >= 4 is 11.6 Å². The van der Waals surface area contributed by atoms with Gasteiger partial charge in [0.1, 0.15) is 0 Å². The Morgan fingerprint density at radius 3 is 2.71 bits per heavy atom. The Bertz CT molecular complexity index is 465. The molecule has 0 fully saturated rings. The van der Waals surface area contributed by atoms with Gasteiger partial charge in [-0.15, -0.1) is 0 Å². The summed E-state index contributed by atoms with van der Waals surface area (Å²) in [6.45, 7) is 7.54. The lowest BCUT2D eigenvalue weighted by molar-refractivity contribution is -0.118. The summed E-state index contributed by atoms with van der Waals surface area (Å²) in [5, 5.41) is 10.2. The number of carbonyl (C=O) groups excluding carboxylic acids is 1. The summed E-state index contributed by atoms with van der Waals surface area (Å²) in [6.07, 6.45) is 0.0822. The van der Waals surface area contributed by atoms with Gasteiger partial charge in [0.15, 0.2) is 0 Å². The number of aliphatic hydroxyl groups excluding tert-OH is 1. The first-order valence-corrected chi connectivity index (χ1v) is 5.92. The van der Waals surface area contributed by atoms with Gasteiger partial charge in [0.25, 0.3) is 0 Å². The summed E-state index contributed by atoms with van der Waals surface area (Å²) in [5.41, 5.74) is 2.46. The van der Waals surface area contributed by atoms with Crippen LogP contribution in [-0.2, 0) is 4.79 Å². The first-order valence-electron chi connectivity index (χ1n) is 5.92. The van der Waals surface area contributed by atoms with Crippen LogP contribution in [0.3, 0.4) is 0 Å². The lowest BCUT2D eigenvalue weighted by Gasteiger charge is -2.45. The summed E-state index contributed by atoms with van der Waals surface area (Å²) >= 11 is 0. The van der Waals surface area contributed by atoms with Crippen molar-refractivity contribution in [3.8, 4) is 0 Å². The topological polar surface area (TPSA) is 40.5 Å². The Kier molecular flexibility index (Phi) is 2.74. The highest BCUT2D eigenvalue weighted by molar-refractivity contribution is 5.94.